The lowest BCUT2D eigenvalue weighted by atomic mass is 9.89. The van der Waals surface area contributed by atoms with E-state index in [1.807, 2.05) is 0 Å². The number of thioether (sulfide) groups is 1. The number of phenols is 2. The number of fused-ring (bicyclic) bond motifs is 1. The number of hydrogen-bond donors (Lipinski definition) is 6. The molecule has 5 rings (SSSR count). The summed E-state index contributed by atoms with van der Waals surface area (Å²) in [6.45, 7) is 5.19. The van der Waals surface area contributed by atoms with Gasteiger partial charge >= 0.3 is 11.9 Å². The number of hydrogen-bond acceptors (Lipinski definition) is 13. The quantitative estimate of drug-likeness (QED) is 0.0536. The van der Waals surface area contributed by atoms with Gasteiger partial charge in [0.1, 0.15) is 17.9 Å². The van der Waals surface area contributed by atoms with Gasteiger partial charge in [0.15, 0.2) is 28.1 Å². The van der Waals surface area contributed by atoms with Gasteiger partial charge in [-0.25, -0.2) is 14.6 Å². The number of carboxylic acid groups (broad SMARTS) is 2. The van der Waals surface area contributed by atoms with Gasteiger partial charge in [-0.3, -0.25) is 19.3 Å². The number of ketones is 1. The van der Waals surface area contributed by atoms with Crippen LogP contribution in [0.4, 0.5) is 5.13 Å². The Morgan fingerprint density at radius 3 is 2.48 bits per heavy atom. The Labute approximate surface area is 295 Å². The molecule has 16 nitrogen and oxygen atoms in total. The maximum Gasteiger partial charge on any atom is 0.352 e. The number of aliphatic carboxylic acids is 2. The monoisotopic (exact) mass is 731 g/mol. The number of amides is 2. The lowest BCUT2D eigenvalue weighted by molar-refractivity contribution is -0.927. The third-order valence-electron chi connectivity index (χ3n) is 9.07. The highest BCUT2D eigenvalue weighted by Gasteiger charge is 2.55. The maximum absolute atomic E-state index is 13.6. The molecule has 2 atom stereocenters. The molecule has 2 fully saturated rings. The van der Waals surface area contributed by atoms with Gasteiger partial charge in [-0.15, -0.1) is 23.1 Å². The number of benzene rings is 1. The number of nitrogens with two attached hydrogens (primary N) is 1. The number of nitrogens with zero attached hydrogens (tertiary/aromatic N) is 4. The van der Waals surface area contributed by atoms with Crippen LogP contribution in [0.2, 0.25) is 0 Å². The van der Waals surface area contributed by atoms with Gasteiger partial charge in [-0.1, -0.05) is 5.16 Å². The van der Waals surface area contributed by atoms with E-state index in [0.29, 0.717) is 28.9 Å². The Kier molecular flexibility index (Phi) is 10.7. The first-order chi connectivity index (χ1) is 23.6. The number of anilines is 1. The number of β-lactam (4-membered cyclic amide) rings is 1. The molecule has 0 saturated carbocycles. The largest absolute Gasteiger partial charge is 0.504 e. The fourth-order valence-electron chi connectivity index (χ4n) is 6.29. The number of likely N-dealkylation sites (tertiary alicyclic amines) is 1. The second kappa shape index (κ2) is 14.7. The van der Waals surface area contributed by atoms with Gasteiger partial charge in [0.25, 0.3) is 5.91 Å². The van der Waals surface area contributed by atoms with E-state index < -0.39 is 52.2 Å². The van der Waals surface area contributed by atoms with E-state index in [4.69, 9.17) is 10.6 Å². The molecule has 7 N–H and O–H groups in total. The molecule has 18 heteroatoms. The third kappa shape index (κ3) is 7.71. The van der Waals surface area contributed by atoms with Crippen molar-refractivity contribution in [3.8, 4) is 11.5 Å². The average molecular weight is 732 g/mol. The standard InChI is InChI=1S/C32H38N6O10S2/c1-32(2,30(46)47)48-36-24(20-16-50-31(33)35-20)23(41)13-19-27(43)37-25(29(44)45)18(15-49-28(19)37)14-38(9-4-3-5-10-38)11-8-34-26(42)17-6-7-21(39)22(40)12-17/h6-7,12,16,19,28H,3-5,8-11,13-15H2,1-2H3,(H6-,33,34,35,36,39,40,41,42,44,45,46,47)/p+1. The summed E-state index contributed by atoms with van der Waals surface area (Å²) in [4.78, 5) is 74.5. The normalized spacial score (nSPS) is 20.5. The van der Waals surface area contributed by atoms with Crippen LogP contribution in [0, 0.1) is 5.92 Å². The predicted octanol–water partition coefficient (Wildman–Crippen LogP) is 1.98. The van der Waals surface area contributed by atoms with Gasteiger partial charge in [0.2, 0.25) is 11.5 Å². The summed E-state index contributed by atoms with van der Waals surface area (Å²) >= 11 is 2.41. The highest BCUT2D eigenvalue weighted by atomic mass is 32.2. The summed E-state index contributed by atoms with van der Waals surface area (Å²) in [6.07, 6.45) is 2.53. The lowest BCUT2D eigenvalue weighted by Crippen LogP contribution is -2.63. The second-order valence-corrected chi connectivity index (χ2v) is 15.0. The van der Waals surface area contributed by atoms with Gasteiger partial charge in [-0.05, 0) is 51.3 Å². The predicted molar refractivity (Wildman–Crippen MR) is 182 cm³/mol. The number of thiazole rings is 1. The number of Topliss-reactive ketones (excluding diaryl/α,β-unsaturated/α-hetero) is 1. The Morgan fingerprint density at radius 1 is 1.14 bits per heavy atom. The molecule has 1 aromatic carbocycles. The first kappa shape index (κ1) is 36.6. The second-order valence-electron chi connectivity index (χ2n) is 13.0. The Bertz CT molecular complexity index is 1770. The van der Waals surface area contributed by atoms with Crippen molar-refractivity contribution in [2.24, 2.45) is 11.1 Å². The van der Waals surface area contributed by atoms with Crippen molar-refractivity contribution in [2.45, 2.75) is 50.5 Å². The van der Waals surface area contributed by atoms with E-state index in [1.165, 1.54) is 54.1 Å². The number of nitrogens with one attached hydrogen (secondary N) is 1. The van der Waals surface area contributed by atoms with Crippen LogP contribution in [0.3, 0.4) is 0 Å². The molecule has 4 heterocycles. The van der Waals surface area contributed by atoms with Crippen molar-refractivity contribution >= 4 is 63.5 Å². The van der Waals surface area contributed by atoms with Gasteiger partial charge in [0.05, 0.1) is 37.5 Å². The number of carbonyl (C=O) groups is 5. The summed E-state index contributed by atoms with van der Waals surface area (Å²) in [6, 6.07) is 3.81. The van der Waals surface area contributed by atoms with Crippen molar-refractivity contribution in [3.63, 3.8) is 0 Å². The lowest BCUT2D eigenvalue weighted by Gasteiger charge is -2.50. The number of oxime groups is 1. The van der Waals surface area contributed by atoms with E-state index in [-0.39, 0.29) is 46.5 Å². The molecular weight excluding hydrogens is 693 g/mol. The SMILES string of the molecule is CC(C)(O/N=C(\C(=O)CC1C(=O)N2C(C(=O)O)=C(C[N+]3(CCNC(=O)c4ccc(O)c(O)c4)CCCCC3)CSC12)c1csc(N)n1)C(=O)O. The number of phenolic OH excluding ortho intramolecular Hbond substituents is 2. The van der Waals surface area contributed by atoms with Crippen molar-refractivity contribution in [3.05, 3.63) is 46.1 Å². The number of aromatic nitrogens is 1. The molecule has 2 aromatic rings. The zero-order chi connectivity index (χ0) is 36.4. The number of quaternary nitrogens is 1. The van der Waals surface area contributed by atoms with Crippen LogP contribution in [-0.2, 0) is 24.0 Å². The number of nitrogen functional groups attached to an aromatic ring is 1. The van der Waals surface area contributed by atoms with Crippen molar-refractivity contribution < 1.29 is 53.7 Å². The molecule has 50 heavy (non-hydrogen) atoms. The average Bonchev–Trinajstić information content (AvgIpc) is 3.50. The molecule has 2 saturated heterocycles. The van der Waals surface area contributed by atoms with Crippen molar-refractivity contribution in [1.29, 1.82) is 0 Å². The van der Waals surface area contributed by atoms with E-state index in [1.54, 1.807) is 0 Å². The first-order valence-electron chi connectivity index (χ1n) is 15.9. The highest BCUT2D eigenvalue weighted by Crippen LogP contribution is 2.46. The third-order valence-corrected chi connectivity index (χ3v) is 11.1. The summed E-state index contributed by atoms with van der Waals surface area (Å²) in [7, 11) is 0. The highest BCUT2D eigenvalue weighted by molar-refractivity contribution is 8.00. The molecule has 1 aromatic heterocycles. The molecule has 0 radical (unpaired) electrons. The molecule has 3 aliphatic heterocycles. The van der Waals surface area contributed by atoms with E-state index in [0.717, 1.165) is 43.7 Å². The zero-order valence-corrected chi connectivity index (χ0v) is 29.1. The van der Waals surface area contributed by atoms with Crippen LogP contribution in [0.25, 0.3) is 0 Å². The topological polar surface area (TPSA) is 242 Å². The van der Waals surface area contributed by atoms with Crippen LogP contribution in [0.1, 0.15) is 55.6 Å². The number of rotatable bonds is 14. The summed E-state index contributed by atoms with van der Waals surface area (Å²) in [5.41, 5.74) is 4.45. The van der Waals surface area contributed by atoms with Crippen molar-refractivity contribution in [2.75, 3.05) is 44.2 Å². The number of carbonyl (C=O) groups excluding carboxylic acids is 3. The molecule has 3 aliphatic rings. The summed E-state index contributed by atoms with van der Waals surface area (Å²) in [5.74, 6) is -5.42. The molecule has 0 aliphatic carbocycles. The fourth-order valence-corrected chi connectivity index (χ4v) is 8.24. The molecule has 0 spiro atoms. The van der Waals surface area contributed by atoms with E-state index in [9.17, 15) is 44.4 Å². The molecule has 268 valence electrons. The van der Waals surface area contributed by atoms with E-state index in [2.05, 4.69) is 15.5 Å². The van der Waals surface area contributed by atoms with Gasteiger partial charge in [-0.2, -0.15) is 0 Å². The Morgan fingerprint density at radius 2 is 1.86 bits per heavy atom. The van der Waals surface area contributed by atoms with Crippen LogP contribution in [0.5, 0.6) is 11.5 Å². The summed E-state index contributed by atoms with van der Waals surface area (Å²) in [5, 5.41) is 46.7. The van der Waals surface area contributed by atoms with Gasteiger partial charge in [0, 0.05) is 28.7 Å². The summed E-state index contributed by atoms with van der Waals surface area (Å²) < 4.78 is 0.520. The molecule has 2 amide bonds. The smallest absolute Gasteiger partial charge is 0.352 e. The minimum atomic E-state index is -1.76. The van der Waals surface area contributed by atoms with Crippen LogP contribution in [-0.4, -0.2) is 119 Å². The van der Waals surface area contributed by atoms with Crippen LogP contribution in [0.15, 0.2) is 40.0 Å². The molecule has 2 unspecified atom stereocenters. The fraction of sp³-hybridized carbons (Fsp3) is 0.469. The van der Waals surface area contributed by atoms with E-state index >= 15 is 0 Å². The maximum atomic E-state index is 13.6. The number of carboxylic acids is 2. The zero-order valence-electron chi connectivity index (χ0n) is 27.5. The minimum Gasteiger partial charge on any atom is -0.504 e. The Hall–Kier alpha value is -4.68. The minimum absolute atomic E-state index is 0.0694. The first-order valence-corrected chi connectivity index (χ1v) is 17.8. The molecule has 0 bridgehead atoms. The Balaban J connectivity index is 1.30. The van der Waals surface area contributed by atoms with Crippen LogP contribution < -0.4 is 11.1 Å². The number of piperidine rings is 1. The van der Waals surface area contributed by atoms with Gasteiger partial charge < -0.3 is 40.8 Å². The van der Waals surface area contributed by atoms with Crippen LogP contribution >= 0.6 is 23.1 Å². The number of aromatic hydroxyl groups is 2. The van der Waals surface area contributed by atoms with Crippen molar-refractivity contribution in [1.82, 2.24) is 15.2 Å². The molecular formula is C32H39N6O10S2+.